The average Bonchev–Trinajstić information content (AvgIpc) is 2.82. The SMILES string of the molecule is NC(=O)c1ccc(C(N)=O)c2c1-c1ccc(cc1)Oc1ccccc1-c1ccccc1-2. The molecule has 4 aromatic carbocycles. The number of hydrogen-bond donors (Lipinski definition) is 2. The minimum Gasteiger partial charge on any atom is -0.457 e. The standard InChI is InChI=1S/C26H18N2O3/c27-25(29)20-13-14-21(26(28)30)24-19-7-2-1-5-17(19)18-6-3-4-8-22(18)31-16-11-9-15(10-12-16)23(20)24/h1-14H,(H2,27,29)(H2,28,30). The molecule has 2 amide bonds. The van der Waals surface area contributed by atoms with Crippen LogP contribution in [0.5, 0.6) is 11.5 Å². The summed E-state index contributed by atoms with van der Waals surface area (Å²) >= 11 is 0. The Balaban J connectivity index is 2.02. The zero-order chi connectivity index (χ0) is 21.5. The van der Waals surface area contributed by atoms with E-state index < -0.39 is 11.8 Å². The molecule has 0 saturated carbocycles. The van der Waals surface area contributed by atoms with Crippen molar-refractivity contribution in [2.45, 2.75) is 0 Å². The first-order valence-corrected chi connectivity index (χ1v) is 9.78. The van der Waals surface area contributed by atoms with Crippen molar-refractivity contribution in [3.63, 3.8) is 0 Å². The molecule has 2 aliphatic rings. The summed E-state index contributed by atoms with van der Waals surface area (Å²) < 4.78 is 6.17. The highest BCUT2D eigenvalue weighted by atomic mass is 16.5. The molecule has 0 fully saturated rings. The summed E-state index contributed by atoms with van der Waals surface area (Å²) in [5.74, 6) is 0.167. The molecular weight excluding hydrogens is 388 g/mol. The molecule has 4 aromatic rings. The number of benzene rings is 4. The lowest BCUT2D eigenvalue weighted by Gasteiger charge is -2.19. The van der Waals surface area contributed by atoms with E-state index in [-0.39, 0.29) is 0 Å². The highest BCUT2D eigenvalue weighted by Gasteiger charge is 2.25. The predicted octanol–water partition coefficient (Wildman–Crippen LogP) is 4.99. The zero-order valence-electron chi connectivity index (χ0n) is 16.5. The van der Waals surface area contributed by atoms with Gasteiger partial charge in [-0.25, -0.2) is 0 Å². The number of carbonyl (C=O) groups excluding carboxylic acids is 2. The quantitative estimate of drug-likeness (QED) is 0.432. The summed E-state index contributed by atoms with van der Waals surface area (Å²) in [7, 11) is 0. The molecule has 4 N–H and O–H groups in total. The molecule has 2 bridgehead atoms. The van der Waals surface area contributed by atoms with Crippen molar-refractivity contribution in [1.82, 2.24) is 0 Å². The Labute approximate surface area is 178 Å². The van der Waals surface area contributed by atoms with Gasteiger partial charge in [0.1, 0.15) is 11.5 Å². The van der Waals surface area contributed by atoms with Gasteiger partial charge >= 0.3 is 0 Å². The highest BCUT2D eigenvalue weighted by Crippen LogP contribution is 2.45. The van der Waals surface area contributed by atoms with Gasteiger partial charge in [-0.2, -0.15) is 0 Å². The smallest absolute Gasteiger partial charge is 0.249 e. The van der Waals surface area contributed by atoms with Gasteiger partial charge in [-0.15, -0.1) is 0 Å². The summed E-state index contributed by atoms with van der Waals surface area (Å²) in [6.45, 7) is 0. The molecule has 5 nitrogen and oxygen atoms in total. The molecule has 31 heavy (non-hydrogen) atoms. The van der Waals surface area contributed by atoms with Crippen LogP contribution in [0.1, 0.15) is 20.7 Å². The van der Waals surface area contributed by atoms with Crippen molar-refractivity contribution in [1.29, 1.82) is 0 Å². The van der Waals surface area contributed by atoms with Crippen molar-refractivity contribution < 1.29 is 14.3 Å². The molecule has 5 heteroatoms. The van der Waals surface area contributed by atoms with Gasteiger partial charge in [-0.3, -0.25) is 9.59 Å². The van der Waals surface area contributed by atoms with Crippen molar-refractivity contribution in [3.05, 3.63) is 96.1 Å². The van der Waals surface area contributed by atoms with E-state index in [4.69, 9.17) is 16.2 Å². The Morgan fingerprint density at radius 2 is 1.13 bits per heavy atom. The van der Waals surface area contributed by atoms with Crippen LogP contribution in [0.4, 0.5) is 0 Å². The Bertz CT molecular complexity index is 1360. The average molecular weight is 406 g/mol. The van der Waals surface area contributed by atoms with Crippen LogP contribution in [0.25, 0.3) is 33.4 Å². The van der Waals surface area contributed by atoms with E-state index in [2.05, 4.69) is 0 Å². The van der Waals surface area contributed by atoms with E-state index in [9.17, 15) is 9.59 Å². The molecule has 150 valence electrons. The maximum atomic E-state index is 12.5. The number of fused-ring (bicyclic) bond motifs is 2. The molecule has 2 aliphatic heterocycles. The zero-order valence-corrected chi connectivity index (χ0v) is 16.5. The Morgan fingerprint density at radius 1 is 0.581 bits per heavy atom. The fourth-order valence-corrected chi connectivity index (χ4v) is 4.12. The lowest BCUT2D eigenvalue weighted by molar-refractivity contribution is 0.0989. The molecule has 0 aliphatic carbocycles. The Kier molecular flexibility index (Phi) is 4.30. The van der Waals surface area contributed by atoms with Gasteiger partial charge in [0.25, 0.3) is 0 Å². The van der Waals surface area contributed by atoms with E-state index in [0.717, 1.165) is 22.3 Å². The fourth-order valence-electron chi connectivity index (χ4n) is 4.12. The highest BCUT2D eigenvalue weighted by molar-refractivity contribution is 6.12. The van der Waals surface area contributed by atoms with Gasteiger partial charge in [0.2, 0.25) is 11.8 Å². The molecule has 2 heterocycles. The number of ether oxygens (including phenoxy) is 1. The van der Waals surface area contributed by atoms with Crippen molar-refractivity contribution >= 4 is 11.8 Å². The lowest BCUT2D eigenvalue weighted by atomic mass is 9.83. The molecule has 0 radical (unpaired) electrons. The van der Waals surface area contributed by atoms with Crippen LogP contribution in [-0.2, 0) is 0 Å². The first kappa shape index (κ1) is 18.6. The van der Waals surface area contributed by atoms with Crippen LogP contribution in [0.3, 0.4) is 0 Å². The molecule has 0 saturated heterocycles. The van der Waals surface area contributed by atoms with E-state index in [1.54, 1.807) is 12.1 Å². The predicted molar refractivity (Wildman–Crippen MR) is 120 cm³/mol. The summed E-state index contributed by atoms with van der Waals surface area (Å²) in [5, 5.41) is 0. The molecule has 0 atom stereocenters. The van der Waals surface area contributed by atoms with Gasteiger partial charge in [-0.05, 0) is 47.0 Å². The van der Waals surface area contributed by atoms with E-state index in [1.165, 1.54) is 0 Å². The number of rotatable bonds is 2. The summed E-state index contributed by atoms with van der Waals surface area (Å²) in [4.78, 5) is 24.8. The second kappa shape index (κ2) is 7.15. The van der Waals surface area contributed by atoms with Crippen molar-refractivity contribution in [2.75, 3.05) is 0 Å². The third-order valence-electron chi connectivity index (χ3n) is 5.48. The summed E-state index contributed by atoms with van der Waals surface area (Å²) in [5.41, 5.74) is 16.5. The van der Waals surface area contributed by atoms with Crippen LogP contribution in [-0.4, -0.2) is 11.8 Å². The molecule has 6 rings (SSSR count). The van der Waals surface area contributed by atoms with E-state index >= 15 is 0 Å². The lowest BCUT2D eigenvalue weighted by Crippen LogP contribution is -2.17. The van der Waals surface area contributed by atoms with Gasteiger partial charge in [0, 0.05) is 27.8 Å². The second-order valence-electron chi connectivity index (χ2n) is 7.31. The van der Waals surface area contributed by atoms with E-state index in [0.29, 0.717) is 33.8 Å². The largest absolute Gasteiger partial charge is 0.457 e. The molecule has 0 unspecified atom stereocenters. The number of nitrogens with two attached hydrogens (primary N) is 2. The number of amides is 2. The number of para-hydroxylation sites is 1. The van der Waals surface area contributed by atoms with Crippen LogP contribution < -0.4 is 16.2 Å². The Morgan fingerprint density at radius 3 is 1.77 bits per heavy atom. The van der Waals surface area contributed by atoms with Crippen LogP contribution in [0.15, 0.2) is 84.9 Å². The maximum absolute atomic E-state index is 12.5. The van der Waals surface area contributed by atoms with Crippen molar-refractivity contribution in [2.24, 2.45) is 11.5 Å². The second-order valence-corrected chi connectivity index (χ2v) is 7.31. The third kappa shape index (κ3) is 3.04. The monoisotopic (exact) mass is 406 g/mol. The third-order valence-corrected chi connectivity index (χ3v) is 5.48. The number of primary amides is 2. The van der Waals surface area contributed by atoms with Crippen LogP contribution >= 0.6 is 0 Å². The molecule has 0 aromatic heterocycles. The fraction of sp³-hybridized carbons (Fsp3) is 0. The minimum absolute atomic E-state index is 0.314. The molecule has 0 spiro atoms. The Hall–Kier alpha value is -4.38. The first-order chi connectivity index (χ1) is 15.0. The van der Waals surface area contributed by atoms with Gasteiger partial charge in [-0.1, -0.05) is 54.6 Å². The first-order valence-electron chi connectivity index (χ1n) is 9.78. The maximum Gasteiger partial charge on any atom is 0.249 e. The summed E-state index contributed by atoms with van der Waals surface area (Å²) in [6, 6.07) is 25.8. The summed E-state index contributed by atoms with van der Waals surface area (Å²) in [6.07, 6.45) is 0. The number of carbonyl (C=O) groups is 2. The van der Waals surface area contributed by atoms with Gasteiger partial charge < -0.3 is 16.2 Å². The topological polar surface area (TPSA) is 95.4 Å². The van der Waals surface area contributed by atoms with E-state index in [1.807, 2.05) is 72.8 Å². The molecular formula is C26H18N2O3. The van der Waals surface area contributed by atoms with Gasteiger partial charge in [0.05, 0.1) is 0 Å². The minimum atomic E-state index is -0.585. The van der Waals surface area contributed by atoms with Gasteiger partial charge in [0.15, 0.2) is 0 Å². The normalized spacial score (nSPS) is 11.4. The number of hydrogen-bond acceptors (Lipinski definition) is 3. The van der Waals surface area contributed by atoms with Crippen LogP contribution in [0, 0.1) is 0 Å². The van der Waals surface area contributed by atoms with Crippen LogP contribution in [0.2, 0.25) is 0 Å². The van der Waals surface area contributed by atoms with Crippen molar-refractivity contribution in [3.8, 4) is 44.9 Å².